The number of hydrogen-bond acceptors (Lipinski definition) is 5. The Labute approximate surface area is 200 Å². The van der Waals surface area contributed by atoms with Crippen molar-refractivity contribution in [1.29, 1.82) is 0 Å². The lowest BCUT2D eigenvalue weighted by atomic mass is 10.1. The predicted molar refractivity (Wildman–Crippen MR) is 130 cm³/mol. The molecule has 0 unspecified atom stereocenters. The lowest BCUT2D eigenvalue weighted by molar-refractivity contribution is 0.0566. The zero-order valence-corrected chi connectivity index (χ0v) is 20.4. The summed E-state index contributed by atoms with van der Waals surface area (Å²) in [6.07, 6.45) is 0.636. The van der Waals surface area contributed by atoms with Gasteiger partial charge in [0.05, 0.1) is 6.61 Å². The minimum absolute atomic E-state index is 0.0386. The topological polar surface area (TPSA) is 89.2 Å². The van der Waals surface area contributed by atoms with E-state index in [1.807, 2.05) is 29.2 Å². The first-order valence-corrected chi connectivity index (χ1v) is 12.2. The molecule has 0 atom stereocenters. The number of piperazine rings is 1. The van der Waals surface area contributed by atoms with Crippen molar-refractivity contribution in [3.05, 3.63) is 35.5 Å². The van der Waals surface area contributed by atoms with Crippen LogP contribution >= 0.6 is 0 Å². The molecule has 0 aliphatic carbocycles. The Balaban J connectivity index is 1.42. The van der Waals surface area contributed by atoms with Crippen LogP contribution in [0.2, 0.25) is 0 Å². The highest BCUT2D eigenvalue weighted by molar-refractivity contribution is 6.01. The molecule has 3 heterocycles. The van der Waals surface area contributed by atoms with Gasteiger partial charge in [-0.15, -0.1) is 0 Å². The minimum atomic E-state index is -0.335. The molecule has 184 valence electrons. The number of benzene rings is 1. The molecule has 34 heavy (non-hydrogen) atoms. The Morgan fingerprint density at radius 3 is 2.26 bits per heavy atom. The van der Waals surface area contributed by atoms with Crippen LogP contribution in [0, 0.1) is 0 Å². The van der Waals surface area contributed by atoms with E-state index in [9.17, 15) is 14.4 Å². The van der Waals surface area contributed by atoms with Gasteiger partial charge >= 0.3 is 6.09 Å². The summed E-state index contributed by atoms with van der Waals surface area (Å²) in [5.41, 5.74) is 1.96. The van der Waals surface area contributed by atoms with E-state index in [0.29, 0.717) is 50.1 Å². The number of nitrogens with one attached hydrogen (secondary N) is 1. The van der Waals surface area contributed by atoms with Crippen molar-refractivity contribution < 1.29 is 19.1 Å². The van der Waals surface area contributed by atoms with Crippen LogP contribution in [0.15, 0.2) is 24.3 Å². The van der Waals surface area contributed by atoms with Gasteiger partial charge in [-0.25, -0.2) is 4.79 Å². The molecule has 2 aromatic rings. The maximum absolute atomic E-state index is 13.2. The van der Waals surface area contributed by atoms with Crippen LogP contribution in [0.3, 0.4) is 0 Å². The molecule has 2 aliphatic heterocycles. The van der Waals surface area contributed by atoms with Gasteiger partial charge in [0, 0.05) is 74.9 Å². The third-order valence-electron chi connectivity index (χ3n) is 6.74. The number of carbonyl (C=O) groups is 3. The van der Waals surface area contributed by atoms with Crippen molar-refractivity contribution in [1.82, 2.24) is 24.6 Å². The number of amides is 3. The van der Waals surface area contributed by atoms with Crippen molar-refractivity contribution in [3.8, 4) is 0 Å². The zero-order valence-electron chi connectivity index (χ0n) is 20.4. The van der Waals surface area contributed by atoms with Crippen LogP contribution in [0.5, 0.6) is 0 Å². The van der Waals surface area contributed by atoms with Gasteiger partial charge < -0.3 is 24.4 Å². The van der Waals surface area contributed by atoms with Gasteiger partial charge in [0.1, 0.15) is 5.69 Å². The SMILES string of the molecule is CCOC(=O)N1CCN(C(=O)c2cc3cc(C(=O)N4CCCN(C(C)C)CC4)ccc3[nH]2)CC1. The van der Waals surface area contributed by atoms with E-state index in [1.54, 1.807) is 16.7 Å². The second-order valence-corrected chi connectivity index (χ2v) is 9.24. The van der Waals surface area contributed by atoms with Gasteiger partial charge in [0.25, 0.3) is 11.8 Å². The summed E-state index contributed by atoms with van der Waals surface area (Å²) in [4.78, 5) is 49.0. The summed E-state index contributed by atoms with van der Waals surface area (Å²) in [5, 5.41) is 0.845. The van der Waals surface area contributed by atoms with Gasteiger partial charge in [0.2, 0.25) is 0 Å². The first kappa shape index (κ1) is 24.1. The molecule has 2 aliphatic rings. The Bertz CT molecular complexity index is 1040. The monoisotopic (exact) mass is 469 g/mol. The normalized spacial score (nSPS) is 17.8. The van der Waals surface area contributed by atoms with Crippen LogP contribution in [-0.2, 0) is 4.74 Å². The molecule has 9 heteroatoms. The van der Waals surface area contributed by atoms with Gasteiger partial charge in [-0.3, -0.25) is 14.5 Å². The summed E-state index contributed by atoms with van der Waals surface area (Å²) in [7, 11) is 0. The lowest BCUT2D eigenvalue weighted by Gasteiger charge is -2.33. The van der Waals surface area contributed by atoms with E-state index in [1.165, 1.54) is 0 Å². The number of hydrogen-bond donors (Lipinski definition) is 1. The van der Waals surface area contributed by atoms with E-state index in [2.05, 4.69) is 23.7 Å². The summed E-state index contributed by atoms with van der Waals surface area (Å²) in [6.45, 7) is 11.7. The van der Waals surface area contributed by atoms with Crippen molar-refractivity contribution in [2.24, 2.45) is 0 Å². The smallest absolute Gasteiger partial charge is 0.409 e. The number of rotatable bonds is 4. The molecule has 1 aromatic heterocycles. The number of ether oxygens (including phenoxy) is 1. The van der Waals surface area contributed by atoms with Crippen LogP contribution in [0.1, 0.15) is 48.0 Å². The molecule has 1 N–H and O–H groups in total. The third kappa shape index (κ3) is 5.19. The second-order valence-electron chi connectivity index (χ2n) is 9.24. The van der Waals surface area contributed by atoms with Gasteiger partial charge in [-0.2, -0.15) is 0 Å². The molecule has 0 spiro atoms. The van der Waals surface area contributed by atoms with E-state index in [0.717, 1.165) is 43.5 Å². The van der Waals surface area contributed by atoms with Crippen molar-refractivity contribution in [2.75, 3.05) is 59.0 Å². The first-order valence-electron chi connectivity index (χ1n) is 12.2. The quantitative estimate of drug-likeness (QED) is 0.744. The predicted octanol–water partition coefficient (Wildman–Crippen LogP) is 2.64. The fourth-order valence-electron chi connectivity index (χ4n) is 4.70. The van der Waals surface area contributed by atoms with Gasteiger partial charge in [-0.05, 0) is 51.5 Å². The highest BCUT2D eigenvalue weighted by Crippen LogP contribution is 2.21. The molecule has 2 saturated heterocycles. The number of carbonyl (C=O) groups excluding carboxylic acids is 3. The molecule has 4 rings (SSSR count). The van der Waals surface area contributed by atoms with E-state index in [-0.39, 0.29) is 17.9 Å². The number of fused-ring (bicyclic) bond motifs is 1. The van der Waals surface area contributed by atoms with Gasteiger partial charge in [0.15, 0.2) is 0 Å². The molecule has 2 fully saturated rings. The number of aromatic nitrogens is 1. The van der Waals surface area contributed by atoms with E-state index in [4.69, 9.17) is 4.74 Å². The summed E-state index contributed by atoms with van der Waals surface area (Å²) >= 11 is 0. The Morgan fingerprint density at radius 2 is 1.56 bits per heavy atom. The summed E-state index contributed by atoms with van der Waals surface area (Å²) < 4.78 is 5.04. The third-order valence-corrected chi connectivity index (χ3v) is 6.74. The molecule has 1 aromatic carbocycles. The highest BCUT2D eigenvalue weighted by atomic mass is 16.6. The average Bonchev–Trinajstić information content (AvgIpc) is 3.11. The van der Waals surface area contributed by atoms with E-state index < -0.39 is 0 Å². The number of H-pyrrole nitrogens is 1. The van der Waals surface area contributed by atoms with Crippen LogP contribution in [0.25, 0.3) is 10.9 Å². The van der Waals surface area contributed by atoms with Gasteiger partial charge in [-0.1, -0.05) is 0 Å². The van der Waals surface area contributed by atoms with Crippen molar-refractivity contribution in [3.63, 3.8) is 0 Å². The van der Waals surface area contributed by atoms with Crippen molar-refractivity contribution >= 4 is 28.8 Å². The zero-order chi connectivity index (χ0) is 24.2. The maximum Gasteiger partial charge on any atom is 0.409 e. The molecular weight excluding hydrogens is 434 g/mol. The molecule has 0 saturated carbocycles. The molecular formula is C25H35N5O4. The summed E-state index contributed by atoms with van der Waals surface area (Å²) in [5.74, 6) is -0.0643. The standard InChI is InChI=1S/C25H35N5O4/c1-4-34-25(33)30-14-12-29(13-15-30)24(32)22-17-20-16-19(6-7-21(20)26-22)23(31)28-9-5-8-27(10-11-28)18(2)3/h6-7,16-18,26H,4-5,8-15H2,1-3H3. The minimum Gasteiger partial charge on any atom is -0.450 e. The van der Waals surface area contributed by atoms with Crippen LogP contribution in [0.4, 0.5) is 4.79 Å². The second kappa shape index (κ2) is 10.5. The largest absolute Gasteiger partial charge is 0.450 e. The Hall–Kier alpha value is -3.07. The fraction of sp³-hybridized carbons (Fsp3) is 0.560. The number of nitrogens with zero attached hydrogens (tertiary/aromatic N) is 4. The maximum atomic E-state index is 13.2. The molecule has 9 nitrogen and oxygen atoms in total. The fourth-order valence-corrected chi connectivity index (χ4v) is 4.70. The average molecular weight is 470 g/mol. The molecule has 3 amide bonds. The van der Waals surface area contributed by atoms with E-state index >= 15 is 0 Å². The number of aromatic amines is 1. The molecule has 0 bridgehead atoms. The Kier molecular flexibility index (Phi) is 7.41. The van der Waals surface area contributed by atoms with Crippen LogP contribution < -0.4 is 0 Å². The lowest BCUT2D eigenvalue weighted by Crippen LogP contribution is -2.50. The van der Waals surface area contributed by atoms with Crippen molar-refractivity contribution in [2.45, 2.75) is 33.2 Å². The highest BCUT2D eigenvalue weighted by Gasteiger charge is 2.27. The summed E-state index contributed by atoms with van der Waals surface area (Å²) in [6, 6.07) is 7.87. The first-order chi connectivity index (χ1) is 16.4. The molecule has 0 radical (unpaired) electrons. The van der Waals surface area contributed by atoms with Crippen LogP contribution in [-0.4, -0.2) is 107 Å². The Morgan fingerprint density at radius 1 is 0.882 bits per heavy atom.